The van der Waals surface area contributed by atoms with Gasteiger partial charge in [0.2, 0.25) is 0 Å². The van der Waals surface area contributed by atoms with Gasteiger partial charge in [0.15, 0.2) is 0 Å². The Morgan fingerprint density at radius 3 is 2.29 bits per heavy atom. The van der Waals surface area contributed by atoms with E-state index in [0.29, 0.717) is 5.56 Å². The first-order valence-electron chi connectivity index (χ1n) is 9.73. The summed E-state index contributed by atoms with van der Waals surface area (Å²) in [4.78, 5) is 10.4. The molecule has 0 aromatic heterocycles. The normalized spacial score (nSPS) is 13.0. The molecule has 0 unspecified atom stereocenters. The van der Waals surface area contributed by atoms with Gasteiger partial charge in [-0.3, -0.25) is 10.1 Å². The summed E-state index contributed by atoms with van der Waals surface area (Å²) in [6, 6.07) is 13.8. The van der Waals surface area contributed by atoms with Crippen LogP contribution in [-0.4, -0.2) is 17.1 Å². The Bertz CT molecular complexity index is 768. The average molecular weight is 383 g/mol. The highest BCUT2D eigenvalue weighted by atomic mass is 16.6. The molecular formula is C23H29NO4. The van der Waals surface area contributed by atoms with Crippen molar-refractivity contribution in [3.63, 3.8) is 0 Å². The van der Waals surface area contributed by atoms with Gasteiger partial charge in [0.25, 0.3) is 5.69 Å². The lowest BCUT2D eigenvalue weighted by molar-refractivity contribution is -0.384. The second-order valence-corrected chi connectivity index (χ2v) is 7.00. The first-order chi connectivity index (χ1) is 13.5. The van der Waals surface area contributed by atoms with Gasteiger partial charge in [-0.1, -0.05) is 51.3 Å². The molecule has 0 saturated heterocycles. The van der Waals surface area contributed by atoms with Crippen LogP contribution in [-0.2, 0) is 0 Å². The smallest absolute Gasteiger partial charge is 0.269 e. The highest BCUT2D eigenvalue weighted by Gasteiger charge is 2.25. The van der Waals surface area contributed by atoms with Crippen LogP contribution in [0.25, 0.3) is 5.57 Å². The summed E-state index contributed by atoms with van der Waals surface area (Å²) in [5.41, 5.74) is 2.51. The first-order valence-corrected chi connectivity index (χ1v) is 9.73. The quantitative estimate of drug-likeness (QED) is 0.296. The van der Waals surface area contributed by atoms with Crippen LogP contribution in [0.15, 0.2) is 55.1 Å². The van der Waals surface area contributed by atoms with Crippen LogP contribution < -0.4 is 4.74 Å². The van der Waals surface area contributed by atoms with Crippen molar-refractivity contribution in [3.8, 4) is 5.75 Å². The zero-order chi connectivity index (χ0) is 20.5. The molecule has 0 amide bonds. The second-order valence-electron chi connectivity index (χ2n) is 7.00. The topological polar surface area (TPSA) is 72.6 Å². The Hall–Kier alpha value is -2.66. The van der Waals surface area contributed by atoms with Crippen molar-refractivity contribution in [2.24, 2.45) is 5.92 Å². The molecule has 28 heavy (non-hydrogen) atoms. The fraction of sp³-hybridized carbons (Fsp3) is 0.391. The van der Waals surface area contributed by atoms with Crippen molar-refractivity contribution in [2.45, 2.75) is 45.1 Å². The molecule has 0 aliphatic heterocycles. The number of nitro benzene ring substituents is 1. The van der Waals surface area contributed by atoms with Gasteiger partial charge in [-0.2, -0.15) is 0 Å². The van der Waals surface area contributed by atoms with Gasteiger partial charge >= 0.3 is 0 Å². The van der Waals surface area contributed by atoms with Crippen molar-refractivity contribution in [1.29, 1.82) is 0 Å². The standard InChI is InChI=1S/C23H29NO4/c1-4-5-6-7-8-22(17(2)18-11-15-21(28-3)16-12-18)23(25)19-9-13-20(14-10-19)24(26)27/h9-16,22-23,25H,2,4-8H2,1,3H3/t22-,23-/m0/s1. The summed E-state index contributed by atoms with van der Waals surface area (Å²) in [5.74, 6) is 0.610. The van der Waals surface area contributed by atoms with Crippen LogP contribution >= 0.6 is 0 Å². The van der Waals surface area contributed by atoms with Crippen LogP contribution in [0.5, 0.6) is 5.75 Å². The molecular weight excluding hydrogens is 354 g/mol. The number of nitrogens with zero attached hydrogens (tertiary/aromatic N) is 1. The maximum atomic E-state index is 11.0. The lowest BCUT2D eigenvalue weighted by Gasteiger charge is -2.26. The molecule has 0 saturated carbocycles. The molecule has 150 valence electrons. The van der Waals surface area contributed by atoms with E-state index in [-0.39, 0.29) is 11.6 Å². The zero-order valence-electron chi connectivity index (χ0n) is 16.6. The van der Waals surface area contributed by atoms with Gasteiger partial charge in [-0.25, -0.2) is 0 Å². The lowest BCUT2D eigenvalue weighted by Crippen LogP contribution is -2.14. The molecule has 0 bridgehead atoms. The van der Waals surface area contributed by atoms with Gasteiger partial charge in [0.05, 0.1) is 18.1 Å². The van der Waals surface area contributed by atoms with E-state index >= 15 is 0 Å². The summed E-state index contributed by atoms with van der Waals surface area (Å²) in [7, 11) is 1.62. The first kappa shape index (κ1) is 21.6. The number of aliphatic hydroxyl groups excluding tert-OH is 1. The largest absolute Gasteiger partial charge is 0.497 e. The molecule has 0 spiro atoms. The predicted molar refractivity (Wildman–Crippen MR) is 112 cm³/mol. The van der Waals surface area contributed by atoms with Crippen molar-refractivity contribution < 1.29 is 14.8 Å². The summed E-state index contributed by atoms with van der Waals surface area (Å²) in [6.07, 6.45) is 4.46. The Balaban J connectivity index is 2.23. The highest BCUT2D eigenvalue weighted by molar-refractivity contribution is 5.66. The molecule has 2 atom stereocenters. The maximum absolute atomic E-state index is 11.0. The third-order valence-corrected chi connectivity index (χ3v) is 5.10. The summed E-state index contributed by atoms with van der Waals surface area (Å²) in [5, 5.41) is 21.9. The lowest BCUT2D eigenvalue weighted by atomic mass is 9.82. The number of nitro groups is 1. The van der Waals surface area contributed by atoms with E-state index in [0.717, 1.165) is 49.0 Å². The van der Waals surface area contributed by atoms with Crippen molar-refractivity contribution in [2.75, 3.05) is 7.11 Å². The summed E-state index contributed by atoms with van der Waals surface area (Å²) >= 11 is 0. The van der Waals surface area contributed by atoms with Gasteiger partial charge in [-0.15, -0.1) is 0 Å². The number of hydrogen-bond acceptors (Lipinski definition) is 4. The number of ether oxygens (including phenoxy) is 1. The maximum Gasteiger partial charge on any atom is 0.269 e. The Labute approximate surface area is 166 Å². The number of methoxy groups -OCH3 is 1. The summed E-state index contributed by atoms with van der Waals surface area (Å²) in [6.45, 7) is 6.43. The molecule has 2 aromatic carbocycles. The fourth-order valence-electron chi connectivity index (χ4n) is 3.36. The molecule has 5 nitrogen and oxygen atoms in total. The minimum absolute atomic E-state index is 0.0180. The molecule has 2 rings (SSSR count). The van der Waals surface area contributed by atoms with E-state index in [9.17, 15) is 15.2 Å². The fourth-order valence-corrected chi connectivity index (χ4v) is 3.36. The predicted octanol–water partition coefficient (Wildman–Crippen LogP) is 5.94. The van der Waals surface area contributed by atoms with Crippen LogP contribution in [0, 0.1) is 16.0 Å². The zero-order valence-corrected chi connectivity index (χ0v) is 16.6. The van der Waals surface area contributed by atoms with Crippen molar-refractivity contribution in [1.82, 2.24) is 0 Å². The second kappa shape index (κ2) is 10.6. The van der Waals surface area contributed by atoms with E-state index in [4.69, 9.17) is 4.74 Å². The Morgan fingerprint density at radius 1 is 1.11 bits per heavy atom. The van der Waals surface area contributed by atoms with Crippen molar-refractivity contribution >= 4 is 11.3 Å². The van der Waals surface area contributed by atoms with Crippen LogP contribution in [0.4, 0.5) is 5.69 Å². The van der Waals surface area contributed by atoms with Crippen molar-refractivity contribution in [3.05, 3.63) is 76.4 Å². The number of non-ortho nitro benzene ring substituents is 1. The van der Waals surface area contributed by atoms with Crippen LogP contribution in [0.1, 0.15) is 56.3 Å². The number of unbranched alkanes of at least 4 members (excludes halogenated alkanes) is 3. The number of benzene rings is 2. The van der Waals surface area contributed by atoms with E-state index in [1.165, 1.54) is 12.1 Å². The minimum Gasteiger partial charge on any atom is -0.497 e. The third-order valence-electron chi connectivity index (χ3n) is 5.10. The molecule has 0 radical (unpaired) electrons. The Kier molecular flexibility index (Phi) is 8.20. The van der Waals surface area contributed by atoms with E-state index < -0.39 is 11.0 Å². The van der Waals surface area contributed by atoms with E-state index in [2.05, 4.69) is 13.5 Å². The van der Waals surface area contributed by atoms with Gasteiger partial charge < -0.3 is 9.84 Å². The van der Waals surface area contributed by atoms with E-state index in [1.807, 2.05) is 24.3 Å². The van der Waals surface area contributed by atoms with Crippen LogP contribution in [0.3, 0.4) is 0 Å². The molecule has 1 N–H and O–H groups in total. The third kappa shape index (κ3) is 5.67. The molecule has 0 aliphatic rings. The van der Waals surface area contributed by atoms with Gasteiger partial charge in [0, 0.05) is 18.1 Å². The number of hydrogen-bond donors (Lipinski definition) is 1. The molecule has 0 heterocycles. The van der Waals surface area contributed by atoms with Crippen LogP contribution in [0.2, 0.25) is 0 Å². The van der Waals surface area contributed by atoms with Gasteiger partial charge in [0.1, 0.15) is 5.75 Å². The SMILES string of the molecule is C=C(c1ccc(OC)cc1)[C@H](CCCCCC)[C@@H](O)c1ccc([N+](=O)[O-])cc1. The number of rotatable bonds is 11. The average Bonchev–Trinajstić information content (AvgIpc) is 2.73. The molecule has 0 fully saturated rings. The molecule has 0 aliphatic carbocycles. The molecule has 5 heteroatoms. The number of aliphatic hydroxyl groups is 1. The Morgan fingerprint density at radius 2 is 1.75 bits per heavy atom. The molecule has 2 aromatic rings. The van der Waals surface area contributed by atoms with E-state index in [1.54, 1.807) is 19.2 Å². The highest BCUT2D eigenvalue weighted by Crippen LogP contribution is 2.37. The minimum atomic E-state index is -0.767. The monoisotopic (exact) mass is 383 g/mol. The summed E-state index contributed by atoms with van der Waals surface area (Å²) < 4.78 is 5.21. The van der Waals surface area contributed by atoms with Gasteiger partial charge in [-0.05, 0) is 47.4 Å².